The van der Waals surface area contributed by atoms with Gasteiger partial charge in [0.05, 0.1) is 6.04 Å². The molecule has 3 nitrogen and oxygen atoms in total. The molecule has 0 saturated heterocycles. The van der Waals surface area contributed by atoms with E-state index in [1.54, 1.807) is 0 Å². The monoisotopic (exact) mass is 302 g/mol. The highest BCUT2D eigenvalue weighted by Crippen LogP contribution is 2.10. The predicted octanol–water partition coefficient (Wildman–Crippen LogP) is 3.13. The summed E-state index contributed by atoms with van der Waals surface area (Å²) < 4.78 is 0. The first-order valence-electron chi connectivity index (χ1n) is 6.94. The Morgan fingerprint density at radius 1 is 1.05 bits per heavy atom. The van der Waals surface area contributed by atoms with Gasteiger partial charge in [0.1, 0.15) is 0 Å². The highest BCUT2D eigenvalue weighted by molar-refractivity contribution is 6.30. The van der Waals surface area contributed by atoms with Gasteiger partial charge in [0, 0.05) is 18.1 Å². The Morgan fingerprint density at radius 3 is 2.48 bits per heavy atom. The molecule has 0 saturated carbocycles. The Balaban J connectivity index is 1.77. The molecule has 0 aromatic heterocycles. The predicted molar refractivity (Wildman–Crippen MR) is 86.0 cm³/mol. The minimum absolute atomic E-state index is 0.0131. The van der Waals surface area contributed by atoms with Crippen molar-refractivity contribution in [1.29, 1.82) is 0 Å². The van der Waals surface area contributed by atoms with Gasteiger partial charge in [-0.3, -0.25) is 4.79 Å². The molecule has 1 amide bonds. The standard InChI is InChI=1S/C17H19ClN2O/c1-13(19-12-15-8-5-9-16(18)10-15)17(21)20-11-14-6-3-2-4-7-14/h2-10,13,19H,11-12H2,1H3,(H,20,21)/t13-/m0/s1. The molecule has 4 heteroatoms. The SMILES string of the molecule is C[C@H](NCc1cccc(Cl)c1)C(=O)NCc1ccccc1. The van der Waals surface area contributed by atoms with Gasteiger partial charge in [0.15, 0.2) is 0 Å². The Kier molecular flexibility index (Phi) is 5.78. The molecule has 0 aliphatic rings. The van der Waals surface area contributed by atoms with Gasteiger partial charge in [0.2, 0.25) is 5.91 Å². The number of carbonyl (C=O) groups excluding carboxylic acids is 1. The third kappa shape index (κ3) is 5.21. The average Bonchev–Trinajstić information content (AvgIpc) is 2.51. The second kappa shape index (κ2) is 7.81. The largest absolute Gasteiger partial charge is 0.351 e. The molecule has 2 aromatic carbocycles. The zero-order valence-electron chi connectivity index (χ0n) is 12.0. The summed E-state index contributed by atoms with van der Waals surface area (Å²) in [6.45, 7) is 3.01. The summed E-state index contributed by atoms with van der Waals surface area (Å²) in [5.74, 6) is -0.0131. The maximum Gasteiger partial charge on any atom is 0.237 e. The first-order valence-corrected chi connectivity index (χ1v) is 7.32. The van der Waals surface area contributed by atoms with Gasteiger partial charge in [-0.2, -0.15) is 0 Å². The Labute approximate surface area is 130 Å². The highest BCUT2D eigenvalue weighted by atomic mass is 35.5. The molecule has 0 radical (unpaired) electrons. The molecule has 1 atom stereocenters. The van der Waals surface area contributed by atoms with Gasteiger partial charge in [-0.25, -0.2) is 0 Å². The van der Waals surface area contributed by atoms with Crippen LogP contribution in [0.5, 0.6) is 0 Å². The molecule has 0 heterocycles. The molecular formula is C17H19ClN2O. The topological polar surface area (TPSA) is 41.1 Å². The van der Waals surface area contributed by atoms with Crippen molar-refractivity contribution in [2.75, 3.05) is 0 Å². The van der Waals surface area contributed by atoms with Crippen LogP contribution in [0, 0.1) is 0 Å². The van der Waals surface area contributed by atoms with Crippen LogP contribution < -0.4 is 10.6 Å². The fraction of sp³-hybridized carbons (Fsp3) is 0.235. The summed E-state index contributed by atoms with van der Waals surface area (Å²) in [5, 5.41) is 6.81. The van der Waals surface area contributed by atoms with E-state index in [-0.39, 0.29) is 11.9 Å². The van der Waals surface area contributed by atoms with Crippen molar-refractivity contribution in [3.05, 3.63) is 70.7 Å². The van der Waals surface area contributed by atoms with Crippen molar-refractivity contribution >= 4 is 17.5 Å². The first kappa shape index (κ1) is 15.5. The number of hydrogen-bond donors (Lipinski definition) is 2. The highest BCUT2D eigenvalue weighted by Gasteiger charge is 2.11. The third-order valence-electron chi connectivity index (χ3n) is 3.20. The van der Waals surface area contributed by atoms with Crippen LogP contribution in [0.4, 0.5) is 0 Å². The molecule has 0 unspecified atom stereocenters. The van der Waals surface area contributed by atoms with Crippen LogP contribution in [0.25, 0.3) is 0 Å². The quantitative estimate of drug-likeness (QED) is 0.861. The van der Waals surface area contributed by atoms with Crippen molar-refractivity contribution in [1.82, 2.24) is 10.6 Å². The van der Waals surface area contributed by atoms with Gasteiger partial charge in [-0.15, -0.1) is 0 Å². The summed E-state index contributed by atoms with van der Waals surface area (Å²) in [6, 6.07) is 17.2. The van der Waals surface area contributed by atoms with Crippen LogP contribution in [0.15, 0.2) is 54.6 Å². The van der Waals surface area contributed by atoms with E-state index in [0.717, 1.165) is 11.1 Å². The number of amides is 1. The normalized spacial score (nSPS) is 11.9. The fourth-order valence-corrected chi connectivity index (χ4v) is 2.16. The maximum atomic E-state index is 12.0. The number of hydrogen-bond acceptors (Lipinski definition) is 2. The van der Waals surface area contributed by atoms with E-state index in [1.165, 1.54) is 0 Å². The van der Waals surface area contributed by atoms with E-state index in [9.17, 15) is 4.79 Å². The molecule has 0 aliphatic heterocycles. The molecule has 2 rings (SSSR count). The van der Waals surface area contributed by atoms with Gasteiger partial charge < -0.3 is 10.6 Å². The van der Waals surface area contributed by atoms with Crippen molar-refractivity contribution in [3.8, 4) is 0 Å². The minimum atomic E-state index is -0.257. The molecular weight excluding hydrogens is 284 g/mol. The van der Waals surface area contributed by atoms with Gasteiger partial charge >= 0.3 is 0 Å². The Hall–Kier alpha value is -1.84. The number of benzene rings is 2. The van der Waals surface area contributed by atoms with Crippen LogP contribution in [0.3, 0.4) is 0 Å². The second-order valence-electron chi connectivity index (χ2n) is 4.94. The van der Waals surface area contributed by atoms with Gasteiger partial charge in [-0.1, -0.05) is 54.1 Å². The minimum Gasteiger partial charge on any atom is -0.351 e. The number of rotatable bonds is 6. The summed E-state index contributed by atoms with van der Waals surface area (Å²) >= 11 is 5.93. The lowest BCUT2D eigenvalue weighted by Crippen LogP contribution is -2.41. The van der Waals surface area contributed by atoms with Crippen molar-refractivity contribution in [3.63, 3.8) is 0 Å². The van der Waals surface area contributed by atoms with Crippen molar-refractivity contribution in [2.45, 2.75) is 26.1 Å². The van der Waals surface area contributed by atoms with Gasteiger partial charge in [-0.05, 0) is 30.2 Å². The Bertz CT molecular complexity index is 586. The van der Waals surface area contributed by atoms with E-state index < -0.39 is 0 Å². The molecule has 0 aliphatic carbocycles. The van der Waals surface area contributed by atoms with E-state index >= 15 is 0 Å². The lowest BCUT2D eigenvalue weighted by atomic mass is 10.2. The lowest BCUT2D eigenvalue weighted by molar-refractivity contribution is -0.122. The molecule has 0 spiro atoms. The lowest BCUT2D eigenvalue weighted by Gasteiger charge is -2.14. The van der Waals surface area contributed by atoms with Crippen molar-refractivity contribution < 1.29 is 4.79 Å². The third-order valence-corrected chi connectivity index (χ3v) is 3.44. The molecule has 21 heavy (non-hydrogen) atoms. The smallest absolute Gasteiger partial charge is 0.237 e. The number of nitrogens with one attached hydrogen (secondary N) is 2. The van der Waals surface area contributed by atoms with Crippen LogP contribution in [-0.2, 0) is 17.9 Å². The molecule has 0 fully saturated rings. The van der Waals surface area contributed by atoms with Crippen molar-refractivity contribution in [2.24, 2.45) is 0 Å². The second-order valence-corrected chi connectivity index (χ2v) is 5.37. The summed E-state index contributed by atoms with van der Waals surface area (Å²) in [5.41, 5.74) is 2.15. The van der Waals surface area contributed by atoms with Crippen LogP contribution in [0.1, 0.15) is 18.1 Å². The molecule has 0 bridgehead atoms. The maximum absolute atomic E-state index is 12.0. The van der Waals surface area contributed by atoms with E-state index in [0.29, 0.717) is 18.1 Å². The number of halogens is 1. The average molecular weight is 303 g/mol. The fourth-order valence-electron chi connectivity index (χ4n) is 1.95. The summed E-state index contributed by atoms with van der Waals surface area (Å²) in [7, 11) is 0. The van der Waals surface area contributed by atoms with Gasteiger partial charge in [0.25, 0.3) is 0 Å². The Morgan fingerprint density at radius 2 is 1.76 bits per heavy atom. The zero-order chi connectivity index (χ0) is 15.1. The van der Waals surface area contributed by atoms with Crippen LogP contribution in [-0.4, -0.2) is 11.9 Å². The molecule has 110 valence electrons. The summed E-state index contributed by atoms with van der Waals surface area (Å²) in [6.07, 6.45) is 0. The van der Waals surface area contributed by atoms with E-state index in [4.69, 9.17) is 11.6 Å². The van der Waals surface area contributed by atoms with E-state index in [1.807, 2.05) is 61.5 Å². The molecule has 2 N–H and O–H groups in total. The van der Waals surface area contributed by atoms with Crippen LogP contribution >= 0.6 is 11.6 Å². The first-order chi connectivity index (χ1) is 10.1. The molecule has 2 aromatic rings. The van der Waals surface area contributed by atoms with Crippen LogP contribution in [0.2, 0.25) is 5.02 Å². The van der Waals surface area contributed by atoms with E-state index in [2.05, 4.69) is 10.6 Å². The zero-order valence-corrected chi connectivity index (χ0v) is 12.7. The summed E-state index contributed by atoms with van der Waals surface area (Å²) in [4.78, 5) is 12.0. The number of carbonyl (C=O) groups is 1.